The molecule has 1 aromatic carbocycles. The Bertz CT molecular complexity index is 776. The highest BCUT2D eigenvalue weighted by molar-refractivity contribution is 5.97. The number of aliphatic hydroxyl groups excluding tert-OH is 1. The average Bonchev–Trinajstić information content (AvgIpc) is 2.62. The van der Waals surface area contributed by atoms with E-state index in [2.05, 4.69) is 10.3 Å². The largest absolute Gasteiger partial charge is 0.505 e. The summed E-state index contributed by atoms with van der Waals surface area (Å²) in [6, 6.07) is 6.90. The molecule has 0 fully saturated rings. The Morgan fingerprint density at radius 3 is 2.48 bits per heavy atom. The Labute approximate surface area is 142 Å². The van der Waals surface area contributed by atoms with E-state index in [0.717, 1.165) is 11.8 Å². The van der Waals surface area contributed by atoms with Gasteiger partial charge in [-0.05, 0) is 17.7 Å². The lowest BCUT2D eigenvalue weighted by Crippen LogP contribution is -2.21. The molecule has 0 aliphatic carbocycles. The highest BCUT2D eigenvalue weighted by atomic mass is 16.5. The number of methoxy groups -OCH3 is 1. The van der Waals surface area contributed by atoms with Crippen molar-refractivity contribution in [3.63, 3.8) is 0 Å². The molecule has 1 heterocycles. The zero-order valence-corrected chi connectivity index (χ0v) is 13.3. The Balaban J connectivity index is 2.16. The first-order valence-electron chi connectivity index (χ1n) is 7.19. The van der Waals surface area contributed by atoms with E-state index in [1.807, 2.05) is 0 Å². The number of ether oxygens (including phenoxy) is 1. The van der Waals surface area contributed by atoms with E-state index < -0.39 is 29.9 Å². The molecule has 0 saturated carbocycles. The highest BCUT2D eigenvalue weighted by Crippen LogP contribution is 2.28. The van der Waals surface area contributed by atoms with E-state index in [1.54, 1.807) is 31.4 Å². The third kappa shape index (κ3) is 4.22. The van der Waals surface area contributed by atoms with Crippen LogP contribution in [0.3, 0.4) is 0 Å². The second-order valence-corrected chi connectivity index (χ2v) is 5.02. The molecular formula is C16H17N3O6. The number of anilines is 1. The summed E-state index contributed by atoms with van der Waals surface area (Å²) < 4.78 is 5.04. The van der Waals surface area contributed by atoms with Gasteiger partial charge in [-0.1, -0.05) is 12.1 Å². The molecule has 0 atom stereocenters. The molecule has 25 heavy (non-hydrogen) atoms. The van der Waals surface area contributed by atoms with Gasteiger partial charge in [-0.15, -0.1) is 0 Å². The number of hydroxylamine groups is 1. The number of aromatic nitrogens is 1. The van der Waals surface area contributed by atoms with Crippen LogP contribution in [0.1, 0.15) is 21.6 Å². The molecule has 1 aromatic heterocycles. The molecule has 132 valence electrons. The molecule has 2 aromatic rings. The summed E-state index contributed by atoms with van der Waals surface area (Å²) in [7, 11) is 1.54. The van der Waals surface area contributed by atoms with Gasteiger partial charge < -0.3 is 20.3 Å². The number of rotatable bonds is 6. The van der Waals surface area contributed by atoms with Crippen LogP contribution in [0.25, 0.3) is 0 Å². The minimum atomic E-state index is -1.04. The van der Waals surface area contributed by atoms with E-state index in [-0.39, 0.29) is 17.7 Å². The maximum absolute atomic E-state index is 12.1. The first-order valence-corrected chi connectivity index (χ1v) is 7.19. The predicted molar refractivity (Wildman–Crippen MR) is 86.4 cm³/mol. The number of hydrogen-bond donors (Lipinski definition) is 5. The Morgan fingerprint density at radius 2 is 1.92 bits per heavy atom. The van der Waals surface area contributed by atoms with Gasteiger partial charge in [0, 0.05) is 5.56 Å². The molecule has 2 amide bonds. The molecule has 0 saturated heterocycles. The monoisotopic (exact) mass is 347 g/mol. The van der Waals surface area contributed by atoms with Crippen LogP contribution in [-0.2, 0) is 17.8 Å². The van der Waals surface area contributed by atoms with Gasteiger partial charge in [0.15, 0.2) is 11.4 Å². The number of carbonyl (C=O) groups excluding carboxylic acids is 2. The summed E-state index contributed by atoms with van der Waals surface area (Å²) >= 11 is 0. The third-order valence-electron chi connectivity index (χ3n) is 3.43. The van der Waals surface area contributed by atoms with Gasteiger partial charge in [0.2, 0.25) is 5.91 Å². The number of carbonyl (C=O) groups is 2. The molecular weight excluding hydrogens is 330 g/mol. The van der Waals surface area contributed by atoms with Crippen LogP contribution >= 0.6 is 0 Å². The summed E-state index contributed by atoms with van der Waals surface area (Å²) in [5, 5.41) is 30.5. The fourth-order valence-corrected chi connectivity index (χ4v) is 2.15. The maximum Gasteiger partial charge on any atom is 0.297 e. The summed E-state index contributed by atoms with van der Waals surface area (Å²) in [4.78, 5) is 27.2. The van der Waals surface area contributed by atoms with Crippen molar-refractivity contribution in [3.05, 3.63) is 47.3 Å². The lowest BCUT2D eigenvalue weighted by Gasteiger charge is -2.13. The molecule has 0 radical (unpaired) electrons. The van der Waals surface area contributed by atoms with E-state index in [4.69, 9.17) is 9.94 Å². The van der Waals surface area contributed by atoms with Crippen LogP contribution in [0.15, 0.2) is 30.5 Å². The van der Waals surface area contributed by atoms with Gasteiger partial charge in [-0.25, -0.2) is 10.5 Å². The van der Waals surface area contributed by atoms with E-state index in [9.17, 15) is 19.8 Å². The van der Waals surface area contributed by atoms with Crippen molar-refractivity contribution in [2.24, 2.45) is 0 Å². The van der Waals surface area contributed by atoms with Crippen molar-refractivity contribution < 1.29 is 29.7 Å². The summed E-state index contributed by atoms with van der Waals surface area (Å²) in [6.07, 6.45) is 1.16. The van der Waals surface area contributed by atoms with Gasteiger partial charge in [-0.3, -0.25) is 14.8 Å². The van der Waals surface area contributed by atoms with E-state index in [1.165, 1.54) is 5.48 Å². The predicted octanol–water partition coefficient (Wildman–Crippen LogP) is 0.588. The molecule has 0 spiro atoms. The fraction of sp³-hybridized carbons (Fsp3) is 0.188. The van der Waals surface area contributed by atoms with Crippen molar-refractivity contribution in [1.29, 1.82) is 0 Å². The van der Waals surface area contributed by atoms with Crippen LogP contribution in [0.4, 0.5) is 5.69 Å². The SMILES string of the molecule is COc1ccc(CC(=O)Nc2cnc(C(=O)NO)c(O)c2CO)cc1. The quantitative estimate of drug-likeness (QED) is 0.380. The lowest BCUT2D eigenvalue weighted by atomic mass is 10.1. The van der Waals surface area contributed by atoms with Gasteiger partial charge in [0.05, 0.1) is 32.0 Å². The highest BCUT2D eigenvalue weighted by Gasteiger charge is 2.19. The number of hydrogen-bond acceptors (Lipinski definition) is 7. The van der Waals surface area contributed by atoms with E-state index >= 15 is 0 Å². The van der Waals surface area contributed by atoms with Gasteiger partial charge >= 0.3 is 0 Å². The van der Waals surface area contributed by atoms with Gasteiger partial charge in [-0.2, -0.15) is 0 Å². The minimum Gasteiger partial charge on any atom is -0.505 e. The number of nitrogens with one attached hydrogen (secondary N) is 2. The number of pyridine rings is 1. The van der Waals surface area contributed by atoms with Gasteiger partial charge in [0.1, 0.15) is 5.75 Å². The molecule has 5 N–H and O–H groups in total. The normalized spacial score (nSPS) is 10.2. The van der Waals surface area contributed by atoms with Crippen molar-refractivity contribution in [1.82, 2.24) is 10.5 Å². The number of amides is 2. The van der Waals surface area contributed by atoms with Crippen molar-refractivity contribution in [3.8, 4) is 11.5 Å². The number of benzene rings is 1. The first kappa shape index (κ1) is 18.2. The van der Waals surface area contributed by atoms with Crippen LogP contribution in [0.2, 0.25) is 0 Å². The second kappa shape index (κ2) is 8.08. The van der Waals surface area contributed by atoms with E-state index in [0.29, 0.717) is 5.75 Å². The lowest BCUT2D eigenvalue weighted by molar-refractivity contribution is -0.115. The van der Waals surface area contributed by atoms with Crippen LogP contribution in [-0.4, -0.2) is 39.3 Å². The fourth-order valence-electron chi connectivity index (χ4n) is 2.15. The average molecular weight is 347 g/mol. The van der Waals surface area contributed by atoms with Crippen LogP contribution in [0, 0.1) is 0 Å². The molecule has 9 nitrogen and oxygen atoms in total. The Hall–Kier alpha value is -3.17. The Morgan fingerprint density at radius 1 is 1.24 bits per heavy atom. The number of aromatic hydroxyl groups is 1. The zero-order valence-electron chi connectivity index (χ0n) is 13.3. The number of nitrogens with zero attached hydrogens (tertiary/aromatic N) is 1. The molecule has 0 unspecified atom stereocenters. The minimum absolute atomic E-state index is 0.0501. The number of aliphatic hydroxyl groups is 1. The molecule has 0 aliphatic rings. The smallest absolute Gasteiger partial charge is 0.297 e. The standard InChI is InChI=1S/C16H17N3O6/c1-25-10-4-2-9(3-5-10)6-13(21)18-12-7-17-14(16(23)19-24)15(22)11(12)8-20/h2-5,7,20,22,24H,6,8H2,1H3,(H,18,21)(H,19,23). The van der Waals surface area contributed by atoms with Gasteiger partial charge in [0.25, 0.3) is 5.91 Å². The molecule has 9 heteroatoms. The van der Waals surface area contributed by atoms with Crippen molar-refractivity contribution >= 4 is 17.5 Å². The molecule has 0 bridgehead atoms. The zero-order chi connectivity index (χ0) is 18.4. The summed E-state index contributed by atoms with van der Waals surface area (Å²) in [5.74, 6) is -1.40. The molecule has 0 aliphatic heterocycles. The van der Waals surface area contributed by atoms with Crippen LogP contribution in [0.5, 0.6) is 11.5 Å². The Kier molecular flexibility index (Phi) is 5.88. The molecule has 2 rings (SSSR count). The van der Waals surface area contributed by atoms with Crippen molar-refractivity contribution in [2.75, 3.05) is 12.4 Å². The van der Waals surface area contributed by atoms with Crippen molar-refractivity contribution in [2.45, 2.75) is 13.0 Å². The second-order valence-electron chi connectivity index (χ2n) is 5.02. The van der Waals surface area contributed by atoms with Crippen LogP contribution < -0.4 is 15.5 Å². The summed E-state index contributed by atoms with van der Waals surface area (Å²) in [6.45, 7) is -0.641. The first-order chi connectivity index (χ1) is 12.0. The maximum atomic E-state index is 12.1. The topological polar surface area (TPSA) is 141 Å². The summed E-state index contributed by atoms with van der Waals surface area (Å²) in [5.41, 5.74) is 1.57. The third-order valence-corrected chi connectivity index (χ3v) is 3.43.